The summed E-state index contributed by atoms with van der Waals surface area (Å²) in [6, 6.07) is 9.07. The number of aromatic nitrogens is 2. The first kappa shape index (κ1) is 20.3. The Kier molecular flexibility index (Phi) is 5.45. The number of nitrogens with one attached hydrogen (secondary N) is 1. The molecule has 0 bridgehead atoms. The minimum atomic E-state index is -0.384. The van der Waals surface area contributed by atoms with Crippen molar-refractivity contribution in [3.63, 3.8) is 0 Å². The molecule has 4 rings (SSSR count). The maximum Gasteiger partial charge on any atom is 0.445 e. The van der Waals surface area contributed by atoms with E-state index in [1.807, 2.05) is 12.1 Å². The summed E-state index contributed by atoms with van der Waals surface area (Å²) in [6.45, 7) is 4.31. The van der Waals surface area contributed by atoms with Gasteiger partial charge in [0.15, 0.2) is 0 Å². The van der Waals surface area contributed by atoms with E-state index in [9.17, 15) is 0 Å². The van der Waals surface area contributed by atoms with Gasteiger partial charge in [0.25, 0.3) is 0 Å². The van der Waals surface area contributed by atoms with Gasteiger partial charge in [-0.1, -0.05) is 30.7 Å². The van der Waals surface area contributed by atoms with Gasteiger partial charge in [-0.05, 0) is 57.1 Å². The van der Waals surface area contributed by atoms with Crippen LogP contribution < -0.4 is 5.73 Å². The molecule has 7 nitrogen and oxygen atoms in total. The highest BCUT2D eigenvalue weighted by Gasteiger charge is 2.44. The molecule has 0 unspecified atom stereocenters. The minimum absolute atomic E-state index is 0.238. The van der Waals surface area contributed by atoms with Crippen LogP contribution in [0, 0.1) is 5.41 Å². The summed E-state index contributed by atoms with van der Waals surface area (Å²) < 4.78 is 0. The fourth-order valence-electron chi connectivity index (χ4n) is 4.77. The monoisotopic (exact) mass is 407 g/mol. The van der Waals surface area contributed by atoms with Gasteiger partial charge in [-0.3, -0.25) is 10.3 Å². The van der Waals surface area contributed by atoms with E-state index in [4.69, 9.17) is 16.2 Å². The molecule has 1 aliphatic carbocycles. The van der Waals surface area contributed by atoms with Crippen molar-refractivity contribution in [2.75, 3.05) is 5.73 Å². The molecule has 158 valence electrons. The Balaban J connectivity index is 1.57. The standard InChI is InChI=1S/C23H30N6O/c1-15-5-3-6-16(2)29(15)22(30)28-20(24)23(11-4-12-23)19-9-7-17(8-10-19)18-13-26-21(25)27-14-18/h7-10,13-16H,3-6,11-12H2,1-2H3,(H2,24,28,30)(H2,25,26,27)/p+1/t15-,16+. The molecule has 2 atom stereocenters. The number of hydrogen-bond donors (Lipinski definition) is 2. The van der Waals surface area contributed by atoms with Gasteiger partial charge in [0.1, 0.15) is 5.84 Å². The fraction of sp³-hybridized carbons (Fsp3) is 0.478. The molecule has 1 aromatic heterocycles. The summed E-state index contributed by atoms with van der Waals surface area (Å²) in [5.74, 6) is 0.575. The van der Waals surface area contributed by atoms with Crippen molar-refractivity contribution in [2.24, 2.45) is 4.99 Å². The molecule has 2 aromatic rings. The zero-order valence-corrected chi connectivity index (χ0v) is 17.7. The lowest BCUT2D eigenvalue weighted by Gasteiger charge is -2.41. The number of nitrogens with two attached hydrogens (primary N) is 1. The van der Waals surface area contributed by atoms with E-state index in [0.29, 0.717) is 17.9 Å². The molecule has 2 fully saturated rings. The van der Waals surface area contributed by atoms with Crippen LogP contribution in [-0.4, -0.2) is 43.9 Å². The van der Waals surface area contributed by atoms with Gasteiger partial charge in [0, 0.05) is 30.0 Å². The molecule has 7 heteroatoms. The lowest BCUT2D eigenvalue weighted by molar-refractivity contribution is 0.160. The van der Waals surface area contributed by atoms with Crippen molar-refractivity contribution in [1.29, 1.82) is 5.41 Å². The number of nitrogens with zero attached hydrogens (tertiary/aromatic N) is 4. The van der Waals surface area contributed by atoms with Gasteiger partial charge in [-0.25, -0.2) is 9.97 Å². The van der Waals surface area contributed by atoms with Crippen LogP contribution in [0.1, 0.15) is 57.9 Å². The quantitative estimate of drug-likeness (QED) is 0.460. The van der Waals surface area contributed by atoms with Crippen LogP contribution in [-0.2, 0) is 5.41 Å². The average molecular weight is 408 g/mol. The second kappa shape index (κ2) is 8.05. The number of benzene rings is 1. The smallest absolute Gasteiger partial charge is 0.445 e. The molecule has 1 aliphatic heterocycles. The number of likely N-dealkylation sites (tertiary alicyclic amines) is 1. The number of aliphatic imine (C=N–C) groups is 1. The lowest BCUT2D eigenvalue weighted by Crippen LogP contribution is -2.49. The van der Waals surface area contributed by atoms with E-state index in [-0.39, 0.29) is 17.4 Å². The number of piperidine rings is 1. The van der Waals surface area contributed by atoms with E-state index in [2.05, 4.69) is 45.8 Å². The second-order valence-electron chi connectivity index (χ2n) is 8.66. The summed E-state index contributed by atoms with van der Waals surface area (Å²) in [5, 5.41) is 17.4. The summed E-state index contributed by atoms with van der Waals surface area (Å²) in [7, 11) is 0. The molecule has 2 aliphatic rings. The Bertz CT molecular complexity index is 923. The summed E-state index contributed by atoms with van der Waals surface area (Å²) in [5.41, 5.74) is 8.21. The first-order chi connectivity index (χ1) is 14.4. The third kappa shape index (κ3) is 3.64. The normalized spacial score (nSPS) is 23.7. The van der Waals surface area contributed by atoms with Crippen molar-refractivity contribution in [3.05, 3.63) is 42.2 Å². The van der Waals surface area contributed by atoms with Crippen molar-refractivity contribution >= 4 is 17.8 Å². The van der Waals surface area contributed by atoms with Gasteiger partial charge >= 0.3 is 6.02 Å². The maximum atomic E-state index is 8.79. The average Bonchev–Trinajstić information content (AvgIpc) is 2.68. The molecule has 1 aromatic carbocycles. The van der Waals surface area contributed by atoms with E-state index >= 15 is 0 Å². The number of nitrogen functional groups attached to an aromatic ring is 1. The number of anilines is 1. The molecule has 0 spiro atoms. The molecule has 1 saturated carbocycles. The number of hydrogen-bond acceptors (Lipinski definition) is 4. The number of amidine groups is 2. The third-order valence-electron chi connectivity index (χ3n) is 6.76. The van der Waals surface area contributed by atoms with Crippen molar-refractivity contribution in [2.45, 2.75) is 69.9 Å². The van der Waals surface area contributed by atoms with Crippen molar-refractivity contribution < 1.29 is 5.11 Å². The van der Waals surface area contributed by atoms with Gasteiger partial charge in [0.2, 0.25) is 5.95 Å². The Morgan fingerprint density at radius 3 is 2.20 bits per heavy atom. The zero-order valence-electron chi connectivity index (χ0n) is 17.7. The largest absolute Gasteiger partial charge is 0.565 e. The maximum absolute atomic E-state index is 8.79. The highest BCUT2D eigenvalue weighted by molar-refractivity contribution is 5.99. The van der Waals surface area contributed by atoms with Crippen LogP contribution in [0.3, 0.4) is 0 Å². The topological polar surface area (TPSA) is 114 Å². The summed E-state index contributed by atoms with van der Waals surface area (Å²) in [6.07, 6.45) is 9.67. The van der Waals surface area contributed by atoms with Crippen molar-refractivity contribution in [1.82, 2.24) is 14.9 Å². The molecular weight excluding hydrogens is 376 g/mol. The zero-order chi connectivity index (χ0) is 21.3. The SMILES string of the molecule is C[C@@H]1CCC[C@H](C)N1C([OH2+])=NC(=N)C1(c2ccc(-c3cnc(N)nc3)cc2)CCC1. The Morgan fingerprint density at radius 2 is 1.67 bits per heavy atom. The molecule has 0 radical (unpaired) electrons. The highest BCUT2D eigenvalue weighted by Crippen LogP contribution is 2.45. The van der Waals surface area contributed by atoms with Gasteiger partial charge < -0.3 is 10.8 Å². The van der Waals surface area contributed by atoms with E-state index < -0.39 is 0 Å². The predicted octanol–water partition coefficient (Wildman–Crippen LogP) is 3.47. The van der Waals surface area contributed by atoms with Crippen LogP contribution in [0.5, 0.6) is 0 Å². The fourth-order valence-corrected chi connectivity index (χ4v) is 4.77. The van der Waals surface area contributed by atoms with Crippen LogP contribution in [0.15, 0.2) is 41.7 Å². The molecular formula is C23H31N6O+. The van der Waals surface area contributed by atoms with Gasteiger partial charge in [0.05, 0.1) is 5.41 Å². The third-order valence-corrected chi connectivity index (χ3v) is 6.76. The van der Waals surface area contributed by atoms with Crippen LogP contribution in [0.2, 0.25) is 0 Å². The molecule has 30 heavy (non-hydrogen) atoms. The van der Waals surface area contributed by atoms with E-state index in [1.54, 1.807) is 12.4 Å². The molecule has 0 amide bonds. The van der Waals surface area contributed by atoms with Crippen LogP contribution >= 0.6 is 0 Å². The van der Waals surface area contributed by atoms with Crippen LogP contribution in [0.4, 0.5) is 5.95 Å². The minimum Gasteiger partial charge on any atom is -0.565 e. The molecule has 1 saturated heterocycles. The van der Waals surface area contributed by atoms with Gasteiger partial charge in [-0.2, -0.15) is 0 Å². The highest BCUT2D eigenvalue weighted by atomic mass is 16.3. The lowest BCUT2D eigenvalue weighted by atomic mass is 9.63. The Hall–Kier alpha value is -2.96. The Morgan fingerprint density at radius 1 is 1.07 bits per heavy atom. The van der Waals surface area contributed by atoms with E-state index in [1.165, 1.54) is 6.42 Å². The first-order valence-electron chi connectivity index (χ1n) is 10.8. The predicted molar refractivity (Wildman–Crippen MR) is 121 cm³/mol. The first-order valence-corrected chi connectivity index (χ1v) is 10.8. The summed E-state index contributed by atoms with van der Waals surface area (Å²) >= 11 is 0. The Labute approximate surface area is 177 Å². The second-order valence-corrected chi connectivity index (χ2v) is 8.66. The van der Waals surface area contributed by atoms with Crippen LogP contribution in [0.25, 0.3) is 11.1 Å². The van der Waals surface area contributed by atoms with Gasteiger partial charge in [-0.15, -0.1) is 4.99 Å². The molecule has 2 heterocycles. The van der Waals surface area contributed by atoms with Crippen molar-refractivity contribution in [3.8, 4) is 11.1 Å². The number of rotatable bonds is 3. The summed E-state index contributed by atoms with van der Waals surface area (Å²) in [4.78, 5) is 14.7. The molecule has 5 N–H and O–H groups in total. The van der Waals surface area contributed by atoms with E-state index in [0.717, 1.165) is 48.8 Å².